The van der Waals surface area contributed by atoms with Gasteiger partial charge in [0.15, 0.2) is 0 Å². The minimum Gasteiger partial charge on any atom is -0.357 e. The molecule has 6 heteroatoms. The van der Waals surface area contributed by atoms with Gasteiger partial charge in [0.2, 0.25) is 17.8 Å². The Balaban J connectivity index is 1.80. The minimum absolute atomic E-state index is 0.545. The predicted molar refractivity (Wildman–Crippen MR) is 72.1 cm³/mol. The van der Waals surface area contributed by atoms with Crippen molar-refractivity contribution in [3.05, 3.63) is 0 Å². The summed E-state index contributed by atoms with van der Waals surface area (Å²) in [6, 6.07) is 0.545. The summed E-state index contributed by atoms with van der Waals surface area (Å²) in [5, 5.41) is 6.40. The van der Waals surface area contributed by atoms with Crippen molar-refractivity contribution in [1.82, 2.24) is 15.0 Å². The lowest BCUT2D eigenvalue weighted by Crippen LogP contribution is -2.29. The van der Waals surface area contributed by atoms with Crippen LogP contribution in [0.25, 0.3) is 0 Å². The number of aromatic nitrogens is 3. The van der Waals surface area contributed by atoms with E-state index in [0.29, 0.717) is 17.9 Å². The molecule has 0 amide bonds. The van der Waals surface area contributed by atoms with Crippen LogP contribution in [0.1, 0.15) is 32.1 Å². The number of hydrogen-bond acceptors (Lipinski definition) is 6. The van der Waals surface area contributed by atoms with Gasteiger partial charge in [-0.25, -0.2) is 0 Å². The molecule has 0 bridgehead atoms. The summed E-state index contributed by atoms with van der Waals surface area (Å²) in [7, 11) is 1.84. The molecule has 1 aliphatic heterocycles. The van der Waals surface area contributed by atoms with Gasteiger partial charge in [0.1, 0.15) is 0 Å². The van der Waals surface area contributed by atoms with Gasteiger partial charge in [-0.2, -0.15) is 15.0 Å². The first kappa shape index (κ1) is 11.5. The molecule has 6 nitrogen and oxygen atoms in total. The average Bonchev–Trinajstić information content (AvgIpc) is 2.87. The zero-order valence-electron chi connectivity index (χ0n) is 10.8. The third-order valence-corrected chi connectivity index (χ3v) is 3.67. The van der Waals surface area contributed by atoms with Gasteiger partial charge in [-0.05, 0) is 32.1 Å². The summed E-state index contributed by atoms with van der Waals surface area (Å²) < 4.78 is 0. The van der Waals surface area contributed by atoms with E-state index < -0.39 is 0 Å². The molecule has 0 aromatic carbocycles. The van der Waals surface area contributed by atoms with Crippen LogP contribution in [0, 0.1) is 0 Å². The maximum Gasteiger partial charge on any atom is 0.231 e. The van der Waals surface area contributed by atoms with Crippen LogP contribution in [0.2, 0.25) is 0 Å². The Morgan fingerprint density at radius 2 is 1.72 bits per heavy atom. The largest absolute Gasteiger partial charge is 0.357 e. The second-order valence-electron chi connectivity index (χ2n) is 5.00. The second-order valence-corrected chi connectivity index (χ2v) is 5.00. The summed E-state index contributed by atoms with van der Waals surface area (Å²) in [4.78, 5) is 15.6. The van der Waals surface area contributed by atoms with Crippen molar-refractivity contribution < 1.29 is 0 Å². The molecule has 0 spiro atoms. The van der Waals surface area contributed by atoms with Crippen LogP contribution in [0.15, 0.2) is 0 Å². The number of hydrogen-bond donors (Lipinski definition) is 2. The van der Waals surface area contributed by atoms with Crippen LogP contribution in [0.4, 0.5) is 17.8 Å². The Hall–Kier alpha value is -1.59. The van der Waals surface area contributed by atoms with E-state index in [1.807, 2.05) is 7.05 Å². The normalized spacial score (nSPS) is 19.7. The topological polar surface area (TPSA) is 66.0 Å². The third kappa shape index (κ3) is 2.32. The molecule has 1 aromatic rings. The van der Waals surface area contributed by atoms with E-state index in [1.54, 1.807) is 0 Å². The molecule has 3 rings (SSSR count). The molecule has 2 fully saturated rings. The monoisotopic (exact) mass is 248 g/mol. The first-order valence-corrected chi connectivity index (χ1v) is 6.80. The molecular weight excluding hydrogens is 228 g/mol. The van der Waals surface area contributed by atoms with Gasteiger partial charge >= 0.3 is 0 Å². The zero-order chi connectivity index (χ0) is 12.4. The SMILES string of the molecule is CNc1nc(NC2CCC2)nc(N2CCCC2)n1. The summed E-state index contributed by atoms with van der Waals surface area (Å²) in [5.74, 6) is 2.16. The van der Waals surface area contributed by atoms with Crippen molar-refractivity contribution in [2.75, 3.05) is 35.7 Å². The maximum atomic E-state index is 4.54. The van der Waals surface area contributed by atoms with Crippen LogP contribution in [0.5, 0.6) is 0 Å². The zero-order valence-corrected chi connectivity index (χ0v) is 10.8. The van der Waals surface area contributed by atoms with Gasteiger partial charge in [-0.3, -0.25) is 0 Å². The molecule has 1 saturated carbocycles. The van der Waals surface area contributed by atoms with Gasteiger partial charge in [0.05, 0.1) is 0 Å². The molecular formula is C12H20N6. The number of nitrogens with zero attached hydrogens (tertiary/aromatic N) is 4. The molecule has 18 heavy (non-hydrogen) atoms. The van der Waals surface area contributed by atoms with Gasteiger partial charge in [-0.15, -0.1) is 0 Å². The van der Waals surface area contributed by atoms with Crippen LogP contribution >= 0.6 is 0 Å². The van der Waals surface area contributed by atoms with Crippen LogP contribution in [-0.2, 0) is 0 Å². The van der Waals surface area contributed by atoms with Gasteiger partial charge in [-0.1, -0.05) is 0 Å². The van der Waals surface area contributed by atoms with Gasteiger partial charge < -0.3 is 15.5 Å². The fourth-order valence-corrected chi connectivity index (χ4v) is 2.33. The molecule has 1 aromatic heterocycles. The molecule has 98 valence electrons. The van der Waals surface area contributed by atoms with E-state index in [2.05, 4.69) is 30.5 Å². The maximum absolute atomic E-state index is 4.54. The van der Waals surface area contributed by atoms with Crippen LogP contribution < -0.4 is 15.5 Å². The Labute approximate surface area is 107 Å². The van der Waals surface area contributed by atoms with E-state index >= 15 is 0 Å². The lowest BCUT2D eigenvalue weighted by molar-refractivity contribution is 0.443. The summed E-state index contributed by atoms with van der Waals surface area (Å²) in [6.45, 7) is 2.10. The van der Waals surface area contributed by atoms with E-state index in [4.69, 9.17) is 0 Å². The third-order valence-electron chi connectivity index (χ3n) is 3.67. The highest BCUT2D eigenvalue weighted by atomic mass is 15.3. The Kier molecular flexibility index (Phi) is 3.17. The fraction of sp³-hybridized carbons (Fsp3) is 0.750. The Morgan fingerprint density at radius 3 is 2.33 bits per heavy atom. The highest BCUT2D eigenvalue weighted by molar-refractivity contribution is 5.44. The van der Waals surface area contributed by atoms with Crippen molar-refractivity contribution in [2.24, 2.45) is 0 Å². The first-order chi connectivity index (χ1) is 8.85. The Bertz CT molecular complexity index is 411. The van der Waals surface area contributed by atoms with Crippen molar-refractivity contribution in [3.63, 3.8) is 0 Å². The fourth-order valence-electron chi connectivity index (χ4n) is 2.33. The highest BCUT2D eigenvalue weighted by Crippen LogP contribution is 2.23. The lowest BCUT2D eigenvalue weighted by atomic mass is 9.93. The van der Waals surface area contributed by atoms with Crippen molar-refractivity contribution in [1.29, 1.82) is 0 Å². The quantitative estimate of drug-likeness (QED) is 0.841. The molecule has 1 saturated heterocycles. The summed E-state index contributed by atoms with van der Waals surface area (Å²) in [5.41, 5.74) is 0. The molecule has 2 aliphatic rings. The molecule has 0 atom stereocenters. The molecule has 0 unspecified atom stereocenters. The van der Waals surface area contributed by atoms with E-state index in [9.17, 15) is 0 Å². The van der Waals surface area contributed by atoms with Crippen molar-refractivity contribution >= 4 is 17.8 Å². The van der Waals surface area contributed by atoms with E-state index in [1.165, 1.54) is 32.1 Å². The highest BCUT2D eigenvalue weighted by Gasteiger charge is 2.21. The second kappa shape index (κ2) is 4.96. The number of nitrogens with one attached hydrogen (secondary N) is 2. The average molecular weight is 248 g/mol. The van der Waals surface area contributed by atoms with Gasteiger partial charge in [0.25, 0.3) is 0 Å². The minimum atomic E-state index is 0.545. The number of anilines is 3. The first-order valence-electron chi connectivity index (χ1n) is 6.80. The van der Waals surface area contributed by atoms with Crippen LogP contribution in [-0.4, -0.2) is 41.1 Å². The molecule has 2 heterocycles. The predicted octanol–water partition coefficient (Wildman–Crippen LogP) is 1.48. The van der Waals surface area contributed by atoms with Crippen molar-refractivity contribution in [3.8, 4) is 0 Å². The number of rotatable bonds is 4. The molecule has 2 N–H and O–H groups in total. The standard InChI is InChI=1S/C12H20N6/c1-13-10-15-11(14-9-5-4-6-9)17-12(16-10)18-7-2-3-8-18/h9H,2-8H2,1H3,(H2,13,14,15,16,17). The summed E-state index contributed by atoms with van der Waals surface area (Å²) >= 11 is 0. The smallest absolute Gasteiger partial charge is 0.231 e. The van der Waals surface area contributed by atoms with E-state index in [-0.39, 0.29) is 0 Å². The van der Waals surface area contributed by atoms with Crippen LogP contribution in [0.3, 0.4) is 0 Å². The molecule has 1 aliphatic carbocycles. The lowest BCUT2D eigenvalue weighted by Gasteiger charge is -2.26. The molecule has 0 radical (unpaired) electrons. The van der Waals surface area contributed by atoms with E-state index in [0.717, 1.165) is 19.0 Å². The Morgan fingerprint density at radius 1 is 1.00 bits per heavy atom. The van der Waals surface area contributed by atoms with Crippen molar-refractivity contribution in [2.45, 2.75) is 38.1 Å². The van der Waals surface area contributed by atoms with Gasteiger partial charge in [0, 0.05) is 26.2 Å². The summed E-state index contributed by atoms with van der Waals surface area (Å²) in [6.07, 6.45) is 6.21.